The second-order valence-electron chi connectivity index (χ2n) is 5.94. The fourth-order valence-electron chi connectivity index (χ4n) is 2.72. The first-order valence-corrected chi connectivity index (χ1v) is 8.03. The lowest BCUT2D eigenvalue weighted by Gasteiger charge is -2.09. The average molecular weight is 366 g/mol. The molecule has 138 valence electrons. The number of nitrogens with zero attached hydrogens (tertiary/aromatic N) is 1. The Kier molecular flexibility index (Phi) is 5.07. The van der Waals surface area contributed by atoms with Gasteiger partial charge in [0.2, 0.25) is 6.79 Å². The summed E-state index contributed by atoms with van der Waals surface area (Å²) in [6, 6.07) is 11.5. The van der Waals surface area contributed by atoms with E-state index in [-0.39, 0.29) is 20.1 Å². The molecule has 2 aromatic carbocycles. The number of pyridine rings is 1. The normalized spacial score (nSPS) is 11.6. The molecule has 4 rings (SSSR count). The zero-order valence-electron chi connectivity index (χ0n) is 14.0. The minimum absolute atomic E-state index is 0. The van der Waals surface area contributed by atoms with Crippen LogP contribution in [0.15, 0.2) is 54.9 Å². The maximum absolute atomic E-state index is 13.4. The molecule has 1 aliphatic heterocycles. The molecule has 0 bridgehead atoms. The van der Waals surface area contributed by atoms with Gasteiger partial charge in [-0.15, -0.1) is 0 Å². The van der Waals surface area contributed by atoms with Crippen molar-refractivity contribution in [1.82, 2.24) is 4.98 Å². The van der Waals surface area contributed by atoms with Crippen LogP contribution in [0.5, 0.6) is 11.5 Å². The molecule has 0 saturated heterocycles. The van der Waals surface area contributed by atoms with Crippen LogP contribution in [0.25, 0.3) is 11.1 Å². The second-order valence-corrected chi connectivity index (χ2v) is 5.94. The van der Waals surface area contributed by atoms with Crippen molar-refractivity contribution in [2.75, 3.05) is 12.1 Å². The molecule has 1 aliphatic rings. The molecule has 0 unspecified atom stereocenters. The summed E-state index contributed by atoms with van der Waals surface area (Å²) in [5, 5.41) is 2.72. The summed E-state index contributed by atoms with van der Waals surface area (Å²) in [4.78, 5) is 16.7. The van der Waals surface area contributed by atoms with Crippen molar-refractivity contribution in [2.45, 2.75) is 14.4 Å². The first-order chi connectivity index (χ1) is 12.6. The van der Waals surface area contributed by atoms with Gasteiger partial charge >= 0.3 is 0 Å². The van der Waals surface area contributed by atoms with E-state index in [2.05, 4.69) is 10.3 Å². The van der Waals surface area contributed by atoms with E-state index < -0.39 is 5.82 Å². The number of hydrogen-bond donors (Lipinski definition) is 1. The van der Waals surface area contributed by atoms with E-state index in [0.29, 0.717) is 22.7 Å². The third-order valence-electron chi connectivity index (χ3n) is 4.15. The molecule has 5 nitrogen and oxygen atoms in total. The molecule has 1 amide bonds. The van der Waals surface area contributed by atoms with Gasteiger partial charge in [-0.05, 0) is 48.4 Å². The van der Waals surface area contributed by atoms with Gasteiger partial charge in [-0.1, -0.05) is 19.6 Å². The van der Waals surface area contributed by atoms with E-state index >= 15 is 0 Å². The van der Waals surface area contributed by atoms with Crippen molar-refractivity contribution >= 4 is 11.6 Å². The summed E-state index contributed by atoms with van der Waals surface area (Å²) in [5.41, 5.74) is 3.22. The molecule has 0 radical (unpaired) electrons. The van der Waals surface area contributed by atoms with Crippen molar-refractivity contribution in [1.29, 1.82) is 0 Å². The molecule has 0 spiro atoms. The number of ether oxygens (including phenoxy) is 2. The lowest BCUT2D eigenvalue weighted by Crippen LogP contribution is -2.13. The first-order valence-electron chi connectivity index (χ1n) is 8.03. The number of halogens is 1. The molecule has 0 saturated carbocycles. The molecule has 2 heterocycles. The van der Waals surface area contributed by atoms with Crippen LogP contribution in [0.3, 0.4) is 0 Å². The largest absolute Gasteiger partial charge is 0.454 e. The maximum atomic E-state index is 13.4. The summed E-state index contributed by atoms with van der Waals surface area (Å²) in [6.07, 6.45) is 3.14. The topological polar surface area (TPSA) is 60.5 Å². The standard InChI is InChI=1S/C20H15FN2O3.CH4/c1-12-2-4-16(21)8-17(12)23-20(24)15-6-14(9-22-10-15)13-3-5-18-19(7-13)26-11-25-18;/h2-10H,11H2,1H3,(H,23,24);1H4. The third kappa shape index (κ3) is 3.74. The molecule has 3 aromatic rings. The fourth-order valence-corrected chi connectivity index (χ4v) is 2.72. The van der Waals surface area contributed by atoms with Gasteiger partial charge < -0.3 is 14.8 Å². The highest BCUT2D eigenvalue weighted by Gasteiger charge is 2.15. The van der Waals surface area contributed by atoms with E-state index in [9.17, 15) is 9.18 Å². The van der Waals surface area contributed by atoms with Crippen LogP contribution < -0.4 is 14.8 Å². The fraction of sp³-hybridized carbons (Fsp3) is 0.143. The van der Waals surface area contributed by atoms with Crippen molar-refractivity contribution < 1.29 is 18.7 Å². The zero-order chi connectivity index (χ0) is 18.1. The SMILES string of the molecule is C.Cc1ccc(F)cc1NC(=O)c1cncc(-c2ccc3c(c2)OCO3)c1. The lowest BCUT2D eigenvalue weighted by molar-refractivity contribution is 0.102. The summed E-state index contributed by atoms with van der Waals surface area (Å²) < 4.78 is 24.1. The molecular formula is C21H19FN2O3. The van der Waals surface area contributed by atoms with Gasteiger partial charge in [0.1, 0.15) is 5.82 Å². The Labute approximate surface area is 156 Å². The summed E-state index contributed by atoms with van der Waals surface area (Å²) in [6.45, 7) is 2.00. The highest BCUT2D eigenvalue weighted by atomic mass is 19.1. The number of rotatable bonds is 3. The average Bonchev–Trinajstić information content (AvgIpc) is 3.12. The van der Waals surface area contributed by atoms with Gasteiger partial charge in [-0.3, -0.25) is 9.78 Å². The van der Waals surface area contributed by atoms with Crippen molar-refractivity contribution in [3.05, 3.63) is 71.8 Å². The Bertz CT molecular complexity index is 1000. The number of carbonyl (C=O) groups is 1. The van der Waals surface area contributed by atoms with Crippen LogP contribution in [-0.4, -0.2) is 17.7 Å². The van der Waals surface area contributed by atoms with Crippen LogP contribution >= 0.6 is 0 Å². The summed E-state index contributed by atoms with van der Waals surface area (Å²) >= 11 is 0. The van der Waals surface area contributed by atoms with Gasteiger partial charge in [-0.25, -0.2) is 4.39 Å². The van der Waals surface area contributed by atoms with Crippen LogP contribution in [0.4, 0.5) is 10.1 Å². The highest BCUT2D eigenvalue weighted by Crippen LogP contribution is 2.35. The number of hydrogen-bond acceptors (Lipinski definition) is 4. The number of carbonyl (C=O) groups excluding carboxylic acids is 1. The molecule has 27 heavy (non-hydrogen) atoms. The predicted molar refractivity (Wildman–Crippen MR) is 102 cm³/mol. The van der Waals surface area contributed by atoms with Crippen molar-refractivity contribution in [3.8, 4) is 22.6 Å². The van der Waals surface area contributed by atoms with Gasteiger partial charge in [0.25, 0.3) is 5.91 Å². The first kappa shape index (κ1) is 18.4. The molecule has 6 heteroatoms. The Hall–Kier alpha value is -3.41. The molecule has 0 atom stereocenters. The summed E-state index contributed by atoms with van der Waals surface area (Å²) in [7, 11) is 0. The van der Waals surface area contributed by atoms with E-state index in [1.165, 1.54) is 18.3 Å². The minimum atomic E-state index is -0.405. The van der Waals surface area contributed by atoms with Crippen LogP contribution in [0, 0.1) is 12.7 Å². The third-order valence-corrected chi connectivity index (χ3v) is 4.15. The van der Waals surface area contributed by atoms with Gasteiger partial charge in [0.15, 0.2) is 11.5 Å². The van der Waals surface area contributed by atoms with E-state index in [1.54, 1.807) is 25.3 Å². The Morgan fingerprint density at radius 1 is 1.04 bits per heavy atom. The van der Waals surface area contributed by atoms with Crippen LogP contribution in [0.2, 0.25) is 0 Å². The van der Waals surface area contributed by atoms with Crippen molar-refractivity contribution in [2.24, 2.45) is 0 Å². The van der Waals surface area contributed by atoms with Crippen molar-refractivity contribution in [3.63, 3.8) is 0 Å². The quantitative estimate of drug-likeness (QED) is 0.722. The van der Waals surface area contributed by atoms with Gasteiger partial charge in [-0.2, -0.15) is 0 Å². The van der Waals surface area contributed by atoms with E-state index in [0.717, 1.165) is 16.7 Å². The maximum Gasteiger partial charge on any atom is 0.257 e. The van der Waals surface area contributed by atoms with Gasteiger partial charge in [0.05, 0.1) is 5.56 Å². The molecule has 0 fully saturated rings. The minimum Gasteiger partial charge on any atom is -0.454 e. The number of aromatic nitrogens is 1. The molecule has 1 aromatic heterocycles. The lowest BCUT2D eigenvalue weighted by atomic mass is 10.0. The van der Waals surface area contributed by atoms with E-state index in [4.69, 9.17) is 9.47 Å². The highest BCUT2D eigenvalue weighted by molar-refractivity contribution is 6.05. The Morgan fingerprint density at radius 2 is 1.85 bits per heavy atom. The smallest absolute Gasteiger partial charge is 0.257 e. The number of anilines is 1. The number of nitrogens with one attached hydrogen (secondary N) is 1. The molecular weight excluding hydrogens is 347 g/mol. The summed E-state index contributed by atoms with van der Waals surface area (Å²) in [5.74, 6) is 0.594. The number of fused-ring (bicyclic) bond motifs is 1. The molecule has 0 aliphatic carbocycles. The second kappa shape index (κ2) is 7.45. The van der Waals surface area contributed by atoms with Crippen LogP contribution in [0.1, 0.15) is 23.3 Å². The Morgan fingerprint density at radius 3 is 2.70 bits per heavy atom. The number of amides is 1. The molecule has 1 N–H and O–H groups in total. The predicted octanol–water partition coefficient (Wildman–Crippen LogP) is 4.81. The number of aryl methyl sites for hydroxylation is 1. The monoisotopic (exact) mass is 366 g/mol. The zero-order valence-corrected chi connectivity index (χ0v) is 14.0. The Balaban J connectivity index is 0.00000210. The van der Waals surface area contributed by atoms with Gasteiger partial charge in [0, 0.05) is 23.6 Å². The van der Waals surface area contributed by atoms with Crippen LogP contribution in [-0.2, 0) is 0 Å². The van der Waals surface area contributed by atoms with E-state index in [1.807, 2.05) is 18.2 Å². The number of benzene rings is 2.